The molecule has 3 rings (SSSR count). The molecule has 1 atom stereocenters. The Morgan fingerprint density at radius 2 is 1.72 bits per heavy atom. The van der Waals surface area contributed by atoms with Crippen LogP contribution in [0.2, 0.25) is 5.02 Å². The Morgan fingerprint density at radius 1 is 1.10 bits per heavy atom. The van der Waals surface area contributed by atoms with E-state index in [-0.39, 0.29) is 29.9 Å². The van der Waals surface area contributed by atoms with E-state index >= 15 is 0 Å². The Labute approximate surface area is 232 Å². The van der Waals surface area contributed by atoms with Gasteiger partial charge in [0.05, 0.1) is 22.5 Å². The number of hydrogen-bond acceptors (Lipinski definition) is 4. The van der Waals surface area contributed by atoms with Crippen molar-refractivity contribution in [1.29, 1.82) is 0 Å². The van der Waals surface area contributed by atoms with Gasteiger partial charge in [-0.2, -0.15) is 13.2 Å². The summed E-state index contributed by atoms with van der Waals surface area (Å²) < 4.78 is 66.2. The summed E-state index contributed by atoms with van der Waals surface area (Å²) in [7, 11) is -4.25. The monoisotopic (exact) mass is 587 g/mol. The van der Waals surface area contributed by atoms with Gasteiger partial charge in [0.1, 0.15) is 12.6 Å². The lowest BCUT2D eigenvalue weighted by molar-refractivity contribution is -0.140. The van der Waals surface area contributed by atoms with Gasteiger partial charge in [0.15, 0.2) is 0 Å². The number of rotatable bonds is 10. The predicted molar refractivity (Wildman–Crippen MR) is 145 cm³/mol. The molecule has 0 aliphatic heterocycles. The van der Waals surface area contributed by atoms with Crippen molar-refractivity contribution in [2.45, 2.75) is 70.8 Å². The van der Waals surface area contributed by atoms with Gasteiger partial charge < -0.3 is 10.2 Å². The first-order valence-corrected chi connectivity index (χ1v) is 14.9. The van der Waals surface area contributed by atoms with Gasteiger partial charge in [-0.15, -0.1) is 0 Å². The zero-order chi connectivity index (χ0) is 29.0. The van der Waals surface area contributed by atoms with Crippen LogP contribution in [0.1, 0.15) is 55.7 Å². The predicted octanol–water partition coefficient (Wildman–Crippen LogP) is 5.30. The minimum atomic E-state index is -4.75. The lowest BCUT2D eigenvalue weighted by atomic mass is 10.1. The minimum Gasteiger partial charge on any atom is -0.352 e. The highest BCUT2D eigenvalue weighted by molar-refractivity contribution is 7.92. The first-order valence-electron chi connectivity index (χ1n) is 12.7. The highest BCUT2D eigenvalue weighted by Crippen LogP contribution is 2.36. The fourth-order valence-electron chi connectivity index (χ4n) is 4.65. The normalized spacial score (nSPS) is 15.2. The molecule has 214 valence electrons. The van der Waals surface area contributed by atoms with Gasteiger partial charge in [0.25, 0.3) is 0 Å². The SMILES string of the molecule is CCC(C(=O)NC1CCCC1)N(Cc1ccc(C)cc1)C(=O)CN(c1cc(C(F)(F)F)ccc1Cl)S(C)(=O)=O. The van der Waals surface area contributed by atoms with Gasteiger partial charge in [-0.1, -0.05) is 61.2 Å². The van der Waals surface area contributed by atoms with Gasteiger partial charge in [-0.25, -0.2) is 8.42 Å². The Balaban J connectivity index is 1.99. The summed E-state index contributed by atoms with van der Waals surface area (Å²) in [6, 6.07) is 8.66. The number of hydrogen-bond donors (Lipinski definition) is 1. The number of carbonyl (C=O) groups is 2. The van der Waals surface area contributed by atoms with Crippen molar-refractivity contribution in [2.24, 2.45) is 0 Å². The highest BCUT2D eigenvalue weighted by atomic mass is 35.5. The number of amides is 2. The van der Waals surface area contributed by atoms with E-state index in [0.29, 0.717) is 15.9 Å². The maximum atomic E-state index is 13.8. The van der Waals surface area contributed by atoms with Crippen LogP contribution in [0.4, 0.5) is 18.9 Å². The highest BCUT2D eigenvalue weighted by Gasteiger charge is 2.35. The van der Waals surface area contributed by atoms with E-state index < -0.39 is 45.9 Å². The molecule has 0 spiro atoms. The largest absolute Gasteiger partial charge is 0.416 e. The number of anilines is 1. The van der Waals surface area contributed by atoms with Gasteiger partial charge in [-0.3, -0.25) is 13.9 Å². The summed E-state index contributed by atoms with van der Waals surface area (Å²) in [5.74, 6) is -1.10. The van der Waals surface area contributed by atoms with E-state index in [1.165, 1.54) is 4.90 Å². The number of alkyl halides is 3. The summed E-state index contributed by atoms with van der Waals surface area (Å²) >= 11 is 6.13. The molecule has 0 aromatic heterocycles. The van der Waals surface area contributed by atoms with Gasteiger partial charge in [0.2, 0.25) is 21.8 Å². The van der Waals surface area contributed by atoms with Crippen molar-refractivity contribution in [3.8, 4) is 0 Å². The molecule has 2 amide bonds. The van der Waals surface area contributed by atoms with E-state index in [0.717, 1.165) is 49.6 Å². The number of nitrogens with one attached hydrogen (secondary N) is 1. The standard InChI is InChI=1S/C27H33ClF3N3O4S/c1-4-23(26(36)32-21-7-5-6-8-21)33(16-19-11-9-18(2)10-12-19)25(35)17-34(39(3,37)38)24-15-20(27(29,30)31)13-14-22(24)28/h9-15,21,23H,4-8,16-17H2,1-3H3,(H,32,36). The van der Waals surface area contributed by atoms with Crippen LogP contribution in [0, 0.1) is 6.92 Å². The average Bonchev–Trinajstić information content (AvgIpc) is 3.35. The second-order valence-electron chi connectivity index (χ2n) is 9.85. The molecule has 2 aromatic rings. The number of benzene rings is 2. The first kappa shape index (κ1) is 30.7. The van der Waals surface area contributed by atoms with Crippen LogP contribution in [0.25, 0.3) is 0 Å². The number of nitrogens with zero attached hydrogens (tertiary/aromatic N) is 2. The van der Waals surface area contributed by atoms with E-state index in [1.807, 2.05) is 19.1 Å². The molecule has 39 heavy (non-hydrogen) atoms. The van der Waals surface area contributed by atoms with E-state index in [9.17, 15) is 31.2 Å². The van der Waals surface area contributed by atoms with Crippen molar-refractivity contribution in [1.82, 2.24) is 10.2 Å². The van der Waals surface area contributed by atoms with E-state index in [1.54, 1.807) is 19.1 Å². The third-order valence-corrected chi connectivity index (χ3v) is 8.23. The van der Waals surface area contributed by atoms with Crippen LogP contribution in [0.5, 0.6) is 0 Å². The maximum Gasteiger partial charge on any atom is 0.416 e. The number of carbonyl (C=O) groups excluding carboxylic acids is 2. The fraction of sp³-hybridized carbons (Fsp3) is 0.481. The number of aryl methyl sites for hydroxylation is 1. The molecule has 7 nitrogen and oxygen atoms in total. The van der Waals surface area contributed by atoms with E-state index in [2.05, 4.69) is 5.32 Å². The topological polar surface area (TPSA) is 86.8 Å². The molecule has 1 aliphatic rings. The van der Waals surface area contributed by atoms with Crippen LogP contribution in [-0.2, 0) is 32.3 Å². The minimum absolute atomic E-state index is 0.000639. The second kappa shape index (κ2) is 12.6. The van der Waals surface area contributed by atoms with Crippen LogP contribution in [0.15, 0.2) is 42.5 Å². The summed E-state index contributed by atoms with van der Waals surface area (Å²) in [5, 5.41) is 2.73. The Hall–Kier alpha value is -2.79. The van der Waals surface area contributed by atoms with Crippen LogP contribution >= 0.6 is 11.6 Å². The smallest absolute Gasteiger partial charge is 0.352 e. The van der Waals surface area contributed by atoms with Crippen LogP contribution in [-0.4, -0.2) is 50.0 Å². The third-order valence-electron chi connectivity index (χ3n) is 6.78. The lowest BCUT2D eigenvalue weighted by Crippen LogP contribution is -2.53. The van der Waals surface area contributed by atoms with Crippen molar-refractivity contribution >= 4 is 39.1 Å². The maximum absolute atomic E-state index is 13.8. The lowest BCUT2D eigenvalue weighted by Gasteiger charge is -2.33. The second-order valence-corrected chi connectivity index (χ2v) is 12.2. The molecule has 1 unspecified atom stereocenters. The molecular weight excluding hydrogens is 555 g/mol. The first-order chi connectivity index (χ1) is 18.2. The molecular formula is C27H33ClF3N3O4S. The Kier molecular flexibility index (Phi) is 9.93. The molecule has 1 N–H and O–H groups in total. The molecule has 12 heteroatoms. The number of sulfonamides is 1. The summed E-state index contributed by atoms with van der Waals surface area (Å²) in [4.78, 5) is 28.3. The van der Waals surface area contributed by atoms with E-state index in [4.69, 9.17) is 11.6 Å². The Bertz CT molecular complexity index is 1280. The summed E-state index contributed by atoms with van der Waals surface area (Å²) in [6.45, 7) is 2.81. The molecule has 0 saturated heterocycles. The van der Waals surface area contributed by atoms with Crippen molar-refractivity contribution in [2.75, 3.05) is 17.1 Å². The summed E-state index contributed by atoms with van der Waals surface area (Å²) in [6.07, 6.45) is -0.0577. The van der Waals surface area contributed by atoms with Gasteiger partial charge in [-0.05, 0) is 49.9 Å². The van der Waals surface area contributed by atoms with Crippen molar-refractivity contribution in [3.05, 3.63) is 64.2 Å². The summed E-state index contributed by atoms with van der Waals surface area (Å²) in [5.41, 5.74) is 0.122. The molecule has 0 bridgehead atoms. The number of halogens is 4. The average molecular weight is 588 g/mol. The molecule has 0 radical (unpaired) electrons. The quantitative estimate of drug-likeness (QED) is 0.409. The van der Waals surface area contributed by atoms with Crippen LogP contribution < -0.4 is 9.62 Å². The van der Waals surface area contributed by atoms with Crippen LogP contribution in [0.3, 0.4) is 0 Å². The molecule has 2 aromatic carbocycles. The zero-order valence-corrected chi connectivity index (χ0v) is 23.7. The molecule has 1 aliphatic carbocycles. The zero-order valence-electron chi connectivity index (χ0n) is 22.1. The van der Waals surface area contributed by atoms with Gasteiger partial charge >= 0.3 is 6.18 Å². The van der Waals surface area contributed by atoms with Gasteiger partial charge in [0, 0.05) is 12.6 Å². The fourth-order valence-corrected chi connectivity index (χ4v) is 5.78. The van der Waals surface area contributed by atoms with Crippen molar-refractivity contribution in [3.63, 3.8) is 0 Å². The van der Waals surface area contributed by atoms with Crippen molar-refractivity contribution < 1.29 is 31.2 Å². The molecule has 1 saturated carbocycles. The molecule has 1 fully saturated rings. The Morgan fingerprint density at radius 3 is 2.26 bits per heavy atom. The third kappa shape index (κ3) is 8.11. The molecule has 0 heterocycles.